The van der Waals surface area contributed by atoms with Gasteiger partial charge in [-0.3, -0.25) is 13.9 Å². The van der Waals surface area contributed by atoms with Gasteiger partial charge in [0.15, 0.2) is 16.9 Å². The molecule has 12 heteroatoms. The van der Waals surface area contributed by atoms with Gasteiger partial charge >= 0.3 is 11.9 Å². The molecule has 0 amide bonds. The first-order chi connectivity index (χ1) is 16.1. The second kappa shape index (κ2) is 8.79. The van der Waals surface area contributed by atoms with E-state index in [1.54, 1.807) is 11.6 Å². The Labute approximate surface area is 196 Å². The van der Waals surface area contributed by atoms with Crippen LogP contribution in [0, 0.1) is 0 Å². The van der Waals surface area contributed by atoms with Crippen LogP contribution in [0.25, 0.3) is 16.9 Å². The lowest BCUT2D eigenvalue weighted by Crippen LogP contribution is -2.41. The van der Waals surface area contributed by atoms with E-state index in [1.807, 2.05) is 13.8 Å². The van der Waals surface area contributed by atoms with E-state index >= 15 is 0 Å². The van der Waals surface area contributed by atoms with E-state index in [1.165, 1.54) is 28.8 Å². The quantitative estimate of drug-likeness (QED) is 0.408. The van der Waals surface area contributed by atoms with E-state index in [9.17, 15) is 22.8 Å². The van der Waals surface area contributed by atoms with Gasteiger partial charge < -0.3 is 4.57 Å². The number of aryl methyl sites for hydroxylation is 3. The van der Waals surface area contributed by atoms with Gasteiger partial charge in [0.2, 0.25) is 0 Å². The standard InChI is InChI=1S/C22H22ClF3N6O2/c1-4-10-30-19-17(29(3)16(5-2)28-19)20(33)31(21(30)34)12-13-11-27-32(18(13)22(24,25)26)15-8-6-14(23)7-9-15/h6-9,11H,4-5,10,12H2,1-3H3. The number of hydrogen-bond acceptors (Lipinski definition) is 4. The van der Waals surface area contributed by atoms with Crippen LogP contribution in [0.1, 0.15) is 37.4 Å². The zero-order valence-electron chi connectivity index (χ0n) is 18.7. The van der Waals surface area contributed by atoms with E-state index < -0.39 is 29.7 Å². The molecule has 0 aliphatic carbocycles. The summed E-state index contributed by atoms with van der Waals surface area (Å²) in [4.78, 5) is 31.0. The molecule has 0 spiro atoms. The highest BCUT2D eigenvalue weighted by atomic mass is 35.5. The number of alkyl halides is 3. The van der Waals surface area contributed by atoms with Gasteiger partial charge in [-0.25, -0.2) is 14.5 Å². The summed E-state index contributed by atoms with van der Waals surface area (Å²) in [6, 6.07) is 5.72. The highest BCUT2D eigenvalue weighted by Crippen LogP contribution is 2.34. The van der Waals surface area contributed by atoms with E-state index in [-0.39, 0.29) is 29.0 Å². The van der Waals surface area contributed by atoms with Crippen molar-refractivity contribution in [2.24, 2.45) is 7.05 Å². The van der Waals surface area contributed by atoms with Crippen molar-refractivity contribution in [3.05, 3.63) is 73.4 Å². The summed E-state index contributed by atoms with van der Waals surface area (Å²) < 4.78 is 46.8. The van der Waals surface area contributed by atoms with Gasteiger partial charge in [-0.05, 0) is 30.7 Å². The van der Waals surface area contributed by atoms with Gasteiger partial charge in [0.1, 0.15) is 5.82 Å². The van der Waals surface area contributed by atoms with Crippen LogP contribution in [-0.4, -0.2) is 28.5 Å². The van der Waals surface area contributed by atoms with Crippen molar-refractivity contribution in [3.63, 3.8) is 0 Å². The Morgan fingerprint density at radius 3 is 2.32 bits per heavy atom. The van der Waals surface area contributed by atoms with Crippen molar-refractivity contribution in [2.75, 3.05) is 0 Å². The first-order valence-corrected chi connectivity index (χ1v) is 11.0. The number of hydrogen-bond donors (Lipinski definition) is 0. The van der Waals surface area contributed by atoms with Crippen molar-refractivity contribution < 1.29 is 13.2 Å². The third kappa shape index (κ3) is 3.93. The molecule has 3 heterocycles. The molecule has 0 aliphatic rings. The largest absolute Gasteiger partial charge is 0.433 e. The van der Waals surface area contributed by atoms with E-state index in [2.05, 4.69) is 10.1 Å². The van der Waals surface area contributed by atoms with E-state index in [4.69, 9.17) is 11.6 Å². The van der Waals surface area contributed by atoms with Crippen molar-refractivity contribution in [2.45, 2.75) is 46.0 Å². The normalized spacial score (nSPS) is 12.1. The topological polar surface area (TPSA) is 79.6 Å². The molecule has 0 N–H and O–H groups in total. The number of aromatic nitrogens is 6. The lowest BCUT2D eigenvalue weighted by Gasteiger charge is -2.14. The fraction of sp³-hybridized carbons (Fsp3) is 0.364. The summed E-state index contributed by atoms with van der Waals surface area (Å²) in [7, 11) is 1.65. The molecule has 8 nitrogen and oxygen atoms in total. The highest BCUT2D eigenvalue weighted by Gasteiger charge is 2.39. The van der Waals surface area contributed by atoms with Crippen LogP contribution in [0.3, 0.4) is 0 Å². The lowest BCUT2D eigenvalue weighted by molar-refractivity contribution is -0.143. The fourth-order valence-electron chi connectivity index (χ4n) is 4.04. The van der Waals surface area contributed by atoms with Gasteiger partial charge in [0.25, 0.3) is 5.56 Å². The molecule has 0 unspecified atom stereocenters. The molecule has 4 rings (SSSR count). The Morgan fingerprint density at radius 2 is 1.74 bits per heavy atom. The van der Waals surface area contributed by atoms with Crippen LogP contribution in [0.15, 0.2) is 40.1 Å². The molecular weight excluding hydrogens is 473 g/mol. The van der Waals surface area contributed by atoms with Crippen LogP contribution in [0.2, 0.25) is 5.02 Å². The number of imidazole rings is 1. The maximum absolute atomic E-state index is 14.1. The minimum atomic E-state index is -4.79. The van der Waals surface area contributed by atoms with Gasteiger partial charge in [0, 0.05) is 30.6 Å². The molecule has 0 saturated carbocycles. The monoisotopic (exact) mass is 494 g/mol. The molecule has 1 aromatic carbocycles. The third-order valence-corrected chi connectivity index (χ3v) is 5.86. The minimum absolute atomic E-state index is 0.147. The van der Waals surface area contributed by atoms with Gasteiger partial charge in [0.05, 0.1) is 18.4 Å². The number of benzene rings is 1. The van der Waals surface area contributed by atoms with Crippen LogP contribution in [-0.2, 0) is 32.7 Å². The second-order valence-corrected chi connectivity index (χ2v) is 8.28. The van der Waals surface area contributed by atoms with Crippen molar-refractivity contribution in [3.8, 4) is 5.69 Å². The summed E-state index contributed by atoms with van der Waals surface area (Å²) >= 11 is 5.86. The summed E-state index contributed by atoms with van der Waals surface area (Å²) in [5.74, 6) is 0.598. The fourth-order valence-corrected chi connectivity index (χ4v) is 4.16. The summed E-state index contributed by atoms with van der Waals surface area (Å²) in [6.45, 7) is 3.40. The number of halogens is 4. The SMILES string of the molecule is CCCn1c(=O)n(Cc2cnn(-c3ccc(Cl)cc3)c2C(F)(F)F)c(=O)c2c1nc(CC)n2C. The van der Waals surface area contributed by atoms with Gasteiger partial charge in [-0.15, -0.1) is 0 Å². The highest BCUT2D eigenvalue weighted by molar-refractivity contribution is 6.30. The third-order valence-electron chi connectivity index (χ3n) is 5.61. The van der Waals surface area contributed by atoms with Gasteiger partial charge in [-0.2, -0.15) is 18.3 Å². The average molecular weight is 495 g/mol. The van der Waals surface area contributed by atoms with Crippen LogP contribution < -0.4 is 11.2 Å². The molecule has 0 bridgehead atoms. The second-order valence-electron chi connectivity index (χ2n) is 7.84. The number of rotatable bonds is 6. The molecule has 3 aromatic heterocycles. The summed E-state index contributed by atoms with van der Waals surface area (Å²) in [6.07, 6.45) is -2.66. The zero-order valence-corrected chi connectivity index (χ0v) is 19.5. The molecule has 0 atom stereocenters. The predicted molar refractivity (Wildman–Crippen MR) is 122 cm³/mol. The molecule has 0 radical (unpaired) electrons. The molecule has 34 heavy (non-hydrogen) atoms. The predicted octanol–water partition coefficient (Wildman–Crippen LogP) is 3.78. The van der Waals surface area contributed by atoms with Crippen LogP contribution >= 0.6 is 11.6 Å². The average Bonchev–Trinajstić information content (AvgIpc) is 3.36. The molecule has 180 valence electrons. The zero-order chi connectivity index (χ0) is 24.8. The molecule has 0 saturated heterocycles. The number of fused-ring (bicyclic) bond motifs is 1. The Morgan fingerprint density at radius 1 is 1.06 bits per heavy atom. The van der Waals surface area contributed by atoms with Crippen LogP contribution in [0.5, 0.6) is 0 Å². The maximum Gasteiger partial charge on any atom is 0.433 e. The first kappa shape index (κ1) is 23.8. The van der Waals surface area contributed by atoms with Crippen molar-refractivity contribution in [1.82, 2.24) is 28.5 Å². The van der Waals surface area contributed by atoms with Crippen molar-refractivity contribution in [1.29, 1.82) is 0 Å². The van der Waals surface area contributed by atoms with Crippen LogP contribution in [0.4, 0.5) is 13.2 Å². The number of nitrogens with zero attached hydrogens (tertiary/aromatic N) is 6. The van der Waals surface area contributed by atoms with Crippen molar-refractivity contribution >= 4 is 22.8 Å². The molecule has 0 aliphatic heterocycles. The minimum Gasteiger partial charge on any atom is -0.325 e. The smallest absolute Gasteiger partial charge is 0.325 e. The molecule has 0 fully saturated rings. The Hall–Kier alpha value is -3.34. The van der Waals surface area contributed by atoms with Gasteiger partial charge in [-0.1, -0.05) is 25.4 Å². The lowest BCUT2D eigenvalue weighted by atomic mass is 10.2. The molecule has 4 aromatic rings. The Kier molecular flexibility index (Phi) is 6.15. The Balaban J connectivity index is 1.94. The van der Waals surface area contributed by atoms with E-state index in [0.29, 0.717) is 23.7 Å². The molecular formula is C22H22ClF3N6O2. The summed E-state index contributed by atoms with van der Waals surface area (Å²) in [5, 5.41) is 4.27. The maximum atomic E-state index is 14.1. The summed E-state index contributed by atoms with van der Waals surface area (Å²) in [5.41, 5.74) is -2.23. The first-order valence-electron chi connectivity index (χ1n) is 10.7. The Bertz CT molecular complexity index is 1480. The van der Waals surface area contributed by atoms with E-state index in [0.717, 1.165) is 15.4 Å².